The van der Waals surface area contributed by atoms with Crippen molar-refractivity contribution in [2.75, 3.05) is 39.6 Å². The van der Waals surface area contributed by atoms with Crippen LogP contribution in [0.3, 0.4) is 0 Å². The fourth-order valence-corrected chi connectivity index (χ4v) is 11.7. The topological polar surface area (TPSA) is 237 Å². The molecule has 3 N–H and O–H groups in total. The second kappa shape index (κ2) is 72.8. The first-order chi connectivity index (χ1) is 48.7. The van der Waals surface area contributed by atoms with Gasteiger partial charge < -0.3 is 33.8 Å². The van der Waals surface area contributed by atoms with Gasteiger partial charge in [-0.1, -0.05) is 284 Å². The number of carbonyl (C=O) groups excluding carboxylic acids is 4. The Labute approximate surface area is 606 Å². The van der Waals surface area contributed by atoms with Crippen LogP contribution in [0.25, 0.3) is 0 Å². The molecule has 17 nitrogen and oxygen atoms in total. The summed E-state index contributed by atoms with van der Waals surface area (Å²) in [5.41, 5.74) is 0. The van der Waals surface area contributed by atoms with Crippen LogP contribution >= 0.6 is 15.6 Å². The van der Waals surface area contributed by atoms with E-state index in [1.54, 1.807) is 0 Å². The predicted octanol–water partition coefficient (Wildman–Crippen LogP) is 22.3. The minimum absolute atomic E-state index is 0.0331. The van der Waals surface area contributed by atoms with Crippen molar-refractivity contribution in [2.24, 2.45) is 0 Å². The minimum atomic E-state index is -4.99. The number of allylic oxidation sites excluding steroid dienone is 20. The Morgan fingerprint density at radius 2 is 0.540 bits per heavy atom. The van der Waals surface area contributed by atoms with Crippen molar-refractivity contribution in [1.29, 1.82) is 0 Å². The Morgan fingerprint density at radius 3 is 0.880 bits per heavy atom. The first-order valence-electron chi connectivity index (χ1n) is 38.8. The van der Waals surface area contributed by atoms with Crippen LogP contribution in [0.2, 0.25) is 0 Å². The number of rotatable bonds is 72. The molecule has 0 aromatic heterocycles. The van der Waals surface area contributed by atoms with Gasteiger partial charge in [-0.25, -0.2) is 9.13 Å². The number of ether oxygens (including phenoxy) is 4. The molecule has 0 saturated heterocycles. The Balaban J connectivity index is 5.41. The molecule has 0 aromatic carbocycles. The lowest BCUT2D eigenvalue weighted by Gasteiger charge is -2.21. The molecule has 0 bridgehead atoms. The van der Waals surface area contributed by atoms with Gasteiger partial charge in [0.1, 0.15) is 19.3 Å². The number of hydrogen-bond acceptors (Lipinski definition) is 15. The van der Waals surface area contributed by atoms with Crippen LogP contribution in [-0.4, -0.2) is 96.7 Å². The molecule has 0 aliphatic rings. The van der Waals surface area contributed by atoms with Gasteiger partial charge in [-0.15, -0.1) is 0 Å². The van der Waals surface area contributed by atoms with E-state index in [4.69, 9.17) is 37.0 Å². The number of unbranched alkanes of at least 4 members (excludes halogenated alkanes) is 26. The lowest BCUT2D eigenvalue weighted by Crippen LogP contribution is -2.30. The van der Waals surface area contributed by atoms with Gasteiger partial charge >= 0.3 is 39.5 Å². The maximum absolute atomic E-state index is 13.1. The highest BCUT2D eigenvalue weighted by Crippen LogP contribution is 2.45. The maximum atomic E-state index is 13.1. The molecule has 0 spiro atoms. The summed E-state index contributed by atoms with van der Waals surface area (Å²) in [5.74, 6) is -2.29. The van der Waals surface area contributed by atoms with Crippen molar-refractivity contribution >= 4 is 39.5 Å². The molecular weight excluding hydrogens is 1310 g/mol. The van der Waals surface area contributed by atoms with Gasteiger partial charge in [-0.2, -0.15) is 0 Å². The average molecular weight is 1450 g/mol. The fraction of sp³-hybridized carbons (Fsp3) is 0.704. The normalized spacial score (nSPS) is 14.6. The molecule has 0 aromatic rings. The second-order valence-corrected chi connectivity index (χ2v) is 28.4. The van der Waals surface area contributed by atoms with Crippen molar-refractivity contribution in [1.82, 2.24) is 0 Å². The predicted molar refractivity (Wildman–Crippen MR) is 408 cm³/mol. The summed E-state index contributed by atoms with van der Waals surface area (Å²) >= 11 is 0. The Kier molecular flexibility index (Phi) is 69.5. The Bertz CT molecular complexity index is 2370. The van der Waals surface area contributed by atoms with Gasteiger partial charge in [-0.3, -0.25) is 37.3 Å². The van der Waals surface area contributed by atoms with Crippen molar-refractivity contribution in [3.63, 3.8) is 0 Å². The number of aliphatic hydroxyl groups excluding tert-OH is 1. The lowest BCUT2D eigenvalue weighted by molar-refractivity contribution is -0.161. The quantitative estimate of drug-likeness (QED) is 0.0169. The number of esters is 4. The zero-order valence-electron chi connectivity index (χ0n) is 62.6. The summed E-state index contributed by atoms with van der Waals surface area (Å²) in [6.45, 7) is 4.53. The highest BCUT2D eigenvalue weighted by molar-refractivity contribution is 7.47. The van der Waals surface area contributed by atoms with Crippen molar-refractivity contribution < 1.29 is 80.2 Å². The van der Waals surface area contributed by atoms with E-state index in [1.807, 2.05) is 18.2 Å². The van der Waals surface area contributed by atoms with E-state index in [-0.39, 0.29) is 25.7 Å². The third-order valence-electron chi connectivity index (χ3n) is 15.9. The summed E-state index contributed by atoms with van der Waals surface area (Å²) in [5, 5.41) is 10.6. The van der Waals surface area contributed by atoms with Gasteiger partial charge in [0.2, 0.25) is 0 Å². The van der Waals surface area contributed by atoms with E-state index in [9.17, 15) is 43.2 Å². The number of phosphoric ester groups is 2. The highest BCUT2D eigenvalue weighted by Gasteiger charge is 2.30. The molecule has 5 unspecified atom stereocenters. The molecule has 5 atom stereocenters. The van der Waals surface area contributed by atoms with E-state index in [1.165, 1.54) is 77.0 Å². The minimum Gasteiger partial charge on any atom is -0.462 e. The van der Waals surface area contributed by atoms with Crippen LogP contribution in [0.15, 0.2) is 122 Å². The second-order valence-electron chi connectivity index (χ2n) is 25.5. The molecule has 574 valence electrons. The zero-order valence-corrected chi connectivity index (χ0v) is 64.4. The van der Waals surface area contributed by atoms with E-state index < -0.39 is 97.5 Å². The molecular formula is C81H138O17P2. The molecule has 0 heterocycles. The number of carbonyl (C=O) groups is 4. The smallest absolute Gasteiger partial charge is 0.462 e. The molecule has 0 aliphatic heterocycles. The van der Waals surface area contributed by atoms with E-state index in [2.05, 4.69) is 131 Å². The molecule has 0 amide bonds. The van der Waals surface area contributed by atoms with E-state index in [0.29, 0.717) is 32.1 Å². The van der Waals surface area contributed by atoms with E-state index >= 15 is 0 Å². The standard InChI is InChI=1S/C81H138O17P2/c1-5-9-13-17-21-25-29-33-35-36-37-38-40-44-46-50-54-58-62-66-79(84)92-72-77(98-81(86)68-64-60-56-52-48-42-32-28-24-20-16-12-8-4)74-96-100(89,90)94-70-75(82)69-93-99(87,88)95-73-76(97-80(85)67-63-59-55-51-47-41-31-27-23-19-15-11-7-3)71-91-78(83)65-61-57-53-49-45-43-39-34-30-26-22-18-14-10-6-2/h9-10,13-14,21-22,25-26,28,32-35,37-39,44,46,54,58,75-77,82H,5-8,11-12,15-20,23-24,27,29-31,36,40-43,45,47-53,55-57,59-74H2,1-4H3,(H,87,88)(H,89,90)/b13-9-,14-10-,25-21-,26-22-,32-28-,35-33-,38-37-,39-34-,46-44-,58-54-. The number of phosphoric acid groups is 2. The Hall–Kier alpha value is -4.54. The summed E-state index contributed by atoms with van der Waals surface area (Å²) in [7, 11) is -9.97. The molecule has 0 rings (SSSR count). The van der Waals surface area contributed by atoms with Crippen LogP contribution in [0.5, 0.6) is 0 Å². The van der Waals surface area contributed by atoms with Gasteiger partial charge in [0.15, 0.2) is 12.2 Å². The summed E-state index contributed by atoms with van der Waals surface area (Å²) in [6, 6.07) is 0. The maximum Gasteiger partial charge on any atom is 0.472 e. The van der Waals surface area contributed by atoms with Crippen molar-refractivity contribution in [3.8, 4) is 0 Å². The van der Waals surface area contributed by atoms with Gasteiger partial charge in [0.25, 0.3) is 0 Å². The molecule has 0 radical (unpaired) electrons. The first kappa shape index (κ1) is 95.5. The Morgan fingerprint density at radius 1 is 0.290 bits per heavy atom. The third kappa shape index (κ3) is 71.8. The molecule has 19 heteroatoms. The van der Waals surface area contributed by atoms with Gasteiger partial charge in [0, 0.05) is 25.7 Å². The van der Waals surface area contributed by atoms with Crippen LogP contribution in [0.4, 0.5) is 0 Å². The fourth-order valence-electron chi connectivity index (χ4n) is 10.1. The molecule has 0 saturated carbocycles. The highest BCUT2D eigenvalue weighted by atomic mass is 31.2. The third-order valence-corrected chi connectivity index (χ3v) is 17.8. The lowest BCUT2D eigenvalue weighted by atomic mass is 10.0. The number of aliphatic hydroxyl groups is 1. The molecule has 0 fully saturated rings. The van der Waals surface area contributed by atoms with Crippen LogP contribution in [0.1, 0.15) is 310 Å². The van der Waals surface area contributed by atoms with Crippen LogP contribution in [0, 0.1) is 0 Å². The van der Waals surface area contributed by atoms with Crippen LogP contribution < -0.4 is 0 Å². The number of hydrogen-bond donors (Lipinski definition) is 3. The van der Waals surface area contributed by atoms with Crippen molar-refractivity contribution in [2.45, 2.75) is 329 Å². The van der Waals surface area contributed by atoms with E-state index in [0.717, 1.165) is 148 Å². The van der Waals surface area contributed by atoms with Crippen molar-refractivity contribution in [3.05, 3.63) is 122 Å². The van der Waals surface area contributed by atoms with Gasteiger partial charge in [0.05, 0.1) is 26.4 Å². The largest absolute Gasteiger partial charge is 0.472 e. The van der Waals surface area contributed by atoms with Crippen LogP contribution in [-0.2, 0) is 65.4 Å². The summed E-state index contributed by atoms with van der Waals surface area (Å²) < 4.78 is 68.4. The summed E-state index contributed by atoms with van der Waals surface area (Å²) in [4.78, 5) is 72.8. The molecule has 0 aliphatic carbocycles. The van der Waals surface area contributed by atoms with Gasteiger partial charge in [-0.05, 0) is 122 Å². The molecule has 100 heavy (non-hydrogen) atoms. The SMILES string of the molecule is CC/C=C\C/C=C\C/C=C\C/C=C\C/C=C\C/C=C\CCC(=O)OCC(COP(=O)(O)OCC(O)COP(=O)(O)OCC(COC(=O)CCCCCCC/C=C\C/C=C\C/C=C\CC)OC(=O)CCCCCCCCCCCCCCC)OC(=O)CCCCCCC/C=C\CCCCCC. The average Bonchev–Trinajstić information content (AvgIpc) is 0.935. The summed E-state index contributed by atoms with van der Waals surface area (Å²) in [6.07, 6.45) is 79.1. The first-order valence-corrected chi connectivity index (χ1v) is 41.8. The zero-order chi connectivity index (χ0) is 73.2. The monoisotopic (exact) mass is 1440 g/mol.